The van der Waals surface area contributed by atoms with Gasteiger partial charge in [-0.05, 0) is 50.8 Å². The summed E-state index contributed by atoms with van der Waals surface area (Å²) in [5.74, 6) is -0.101. The van der Waals surface area contributed by atoms with Gasteiger partial charge in [0, 0.05) is 23.8 Å². The number of anilines is 1. The lowest BCUT2D eigenvalue weighted by Gasteiger charge is -2.25. The lowest BCUT2D eigenvalue weighted by Crippen LogP contribution is -2.35. The lowest BCUT2D eigenvalue weighted by atomic mass is 10.1. The van der Waals surface area contributed by atoms with Gasteiger partial charge in [0.1, 0.15) is 0 Å². The van der Waals surface area contributed by atoms with Crippen LogP contribution in [0.15, 0.2) is 54.6 Å². The van der Waals surface area contributed by atoms with Gasteiger partial charge in [-0.1, -0.05) is 30.3 Å². The Morgan fingerprint density at radius 3 is 2.20 bits per heavy atom. The highest BCUT2D eigenvalue weighted by Crippen LogP contribution is 2.16. The van der Waals surface area contributed by atoms with E-state index in [1.165, 1.54) is 12.5 Å². The molecule has 2 aromatic rings. The van der Waals surface area contributed by atoms with E-state index in [-0.39, 0.29) is 24.3 Å². The first kappa shape index (κ1) is 18.8. The number of benzene rings is 2. The smallest absolute Gasteiger partial charge is 0.238 e. The largest absolute Gasteiger partial charge is 0.325 e. The van der Waals surface area contributed by atoms with Gasteiger partial charge in [-0.3, -0.25) is 9.59 Å². The summed E-state index contributed by atoms with van der Waals surface area (Å²) in [5, 5.41) is 6.03. The Bertz CT molecular complexity index is 697. The highest BCUT2D eigenvalue weighted by Gasteiger charge is 2.13. The average Bonchev–Trinajstić information content (AvgIpc) is 2.59. The summed E-state index contributed by atoms with van der Waals surface area (Å²) in [6.45, 7) is 2.42. The molecule has 5 heteroatoms. The van der Waals surface area contributed by atoms with Crippen LogP contribution in [0.2, 0.25) is 0 Å². The molecule has 0 radical (unpaired) electrons. The topological polar surface area (TPSA) is 61.4 Å². The maximum absolute atomic E-state index is 12.1. The molecule has 132 valence electrons. The van der Waals surface area contributed by atoms with Crippen molar-refractivity contribution in [3.63, 3.8) is 0 Å². The molecule has 0 heterocycles. The SMILES string of the molecule is CC(=O)c1ccc(NC(=O)CNC[C@@H](c2ccccc2)N(C)C)cc1. The van der Waals surface area contributed by atoms with Crippen molar-refractivity contribution in [1.82, 2.24) is 10.2 Å². The fourth-order valence-electron chi connectivity index (χ4n) is 2.59. The van der Waals surface area contributed by atoms with Gasteiger partial charge in [0.15, 0.2) is 5.78 Å². The van der Waals surface area contributed by atoms with Crippen LogP contribution in [0, 0.1) is 0 Å². The summed E-state index contributed by atoms with van der Waals surface area (Å²) in [6.07, 6.45) is 0. The van der Waals surface area contributed by atoms with E-state index < -0.39 is 0 Å². The number of carbonyl (C=O) groups excluding carboxylic acids is 2. The molecule has 0 aliphatic rings. The lowest BCUT2D eigenvalue weighted by molar-refractivity contribution is -0.115. The molecule has 0 spiro atoms. The molecule has 0 aliphatic carbocycles. The van der Waals surface area contributed by atoms with E-state index in [2.05, 4.69) is 27.7 Å². The molecule has 1 amide bonds. The van der Waals surface area contributed by atoms with Crippen molar-refractivity contribution in [3.05, 3.63) is 65.7 Å². The van der Waals surface area contributed by atoms with Crippen LogP contribution in [-0.4, -0.2) is 43.8 Å². The minimum atomic E-state index is -0.110. The highest BCUT2D eigenvalue weighted by atomic mass is 16.2. The van der Waals surface area contributed by atoms with Crippen LogP contribution in [0.1, 0.15) is 28.9 Å². The third kappa shape index (κ3) is 5.81. The number of likely N-dealkylation sites (N-methyl/N-ethyl adjacent to an activating group) is 1. The molecule has 25 heavy (non-hydrogen) atoms. The predicted molar refractivity (Wildman–Crippen MR) is 101 cm³/mol. The highest BCUT2D eigenvalue weighted by molar-refractivity contribution is 5.96. The molecular weight excluding hydrogens is 314 g/mol. The number of rotatable bonds is 8. The van der Waals surface area contributed by atoms with Crippen LogP contribution in [0.25, 0.3) is 0 Å². The van der Waals surface area contributed by atoms with Gasteiger partial charge in [-0.25, -0.2) is 0 Å². The van der Waals surface area contributed by atoms with E-state index in [1.54, 1.807) is 24.3 Å². The first-order chi connectivity index (χ1) is 12.0. The zero-order valence-electron chi connectivity index (χ0n) is 15.0. The zero-order chi connectivity index (χ0) is 18.2. The summed E-state index contributed by atoms with van der Waals surface area (Å²) in [6, 6.07) is 17.3. The molecule has 2 rings (SSSR count). The Hall–Kier alpha value is -2.50. The number of ketones is 1. The molecule has 0 saturated carbocycles. The summed E-state index contributed by atoms with van der Waals surface area (Å²) in [5.41, 5.74) is 2.53. The standard InChI is InChI=1S/C20H25N3O2/c1-15(24)16-9-11-18(12-10-16)22-20(25)14-21-13-19(23(2)3)17-7-5-4-6-8-17/h4-12,19,21H,13-14H2,1-3H3,(H,22,25)/t19-/m0/s1. The van der Waals surface area contributed by atoms with E-state index in [4.69, 9.17) is 0 Å². The van der Waals surface area contributed by atoms with Crippen LogP contribution in [-0.2, 0) is 4.79 Å². The molecule has 0 saturated heterocycles. The number of nitrogens with zero attached hydrogens (tertiary/aromatic N) is 1. The number of hydrogen-bond donors (Lipinski definition) is 2. The minimum absolute atomic E-state index is 0.00943. The van der Waals surface area contributed by atoms with E-state index in [1.807, 2.05) is 32.3 Å². The second kappa shape index (κ2) is 9.11. The molecule has 2 aromatic carbocycles. The summed E-state index contributed by atoms with van der Waals surface area (Å²) < 4.78 is 0. The number of amides is 1. The maximum Gasteiger partial charge on any atom is 0.238 e. The van der Waals surface area contributed by atoms with E-state index in [0.717, 1.165) is 0 Å². The number of Topliss-reactive ketones (excluding diaryl/α,β-unsaturated/α-hetero) is 1. The Morgan fingerprint density at radius 1 is 1.00 bits per heavy atom. The van der Waals surface area contributed by atoms with Crippen molar-refractivity contribution in [2.45, 2.75) is 13.0 Å². The molecule has 5 nitrogen and oxygen atoms in total. The molecule has 0 aromatic heterocycles. The number of nitrogens with one attached hydrogen (secondary N) is 2. The Labute approximate surface area is 149 Å². The van der Waals surface area contributed by atoms with Gasteiger partial charge in [0.25, 0.3) is 0 Å². The second-order valence-corrected chi connectivity index (χ2v) is 6.20. The van der Waals surface area contributed by atoms with Gasteiger partial charge >= 0.3 is 0 Å². The van der Waals surface area contributed by atoms with Gasteiger partial charge in [-0.15, -0.1) is 0 Å². The molecule has 0 bridgehead atoms. The predicted octanol–water partition coefficient (Wildman–Crippen LogP) is 2.72. The van der Waals surface area contributed by atoms with Crippen molar-refractivity contribution in [2.24, 2.45) is 0 Å². The van der Waals surface area contributed by atoms with Crippen molar-refractivity contribution in [1.29, 1.82) is 0 Å². The van der Waals surface area contributed by atoms with Gasteiger partial charge in [0.05, 0.1) is 6.54 Å². The zero-order valence-corrected chi connectivity index (χ0v) is 15.0. The molecule has 1 atom stereocenters. The Kier molecular flexibility index (Phi) is 6.86. The van der Waals surface area contributed by atoms with E-state index >= 15 is 0 Å². The van der Waals surface area contributed by atoms with Gasteiger partial charge in [0.2, 0.25) is 5.91 Å². The quantitative estimate of drug-likeness (QED) is 0.726. The molecule has 0 unspecified atom stereocenters. The van der Waals surface area contributed by atoms with Crippen molar-refractivity contribution >= 4 is 17.4 Å². The van der Waals surface area contributed by atoms with Crippen LogP contribution in [0.3, 0.4) is 0 Å². The summed E-state index contributed by atoms with van der Waals surface area (Å²) in [4.78, 5) is 25.4. The Morgan fingerprint density at radius 2 is 1.64 bits per heavy atom. The summed E-state index contributed by atoms with van der Waals surface area (Å²) in [7, 11) is 4.05. The Balaban J connectivity index is 1.83. The molecule has 0 aliphatic heterocycles. The summed E-state index contributed by atoms with van der Waals surface area (Å²) >= 11 is 0. The van der Waals surface area contributed by atoms with Crippen LogP contribution >= 0.6 is 0 Å². The van der Waals surface area contributed by atoms with Crippen LogP contribution in [0.5, 0.6) is 0 Å². The van der Waals surface area contributed by atoms with Crippen molar-refractivity contribution in [3.8, 4) is 0 Å². The van der Waals surface area contributed by atoms with Gasteiger partial charge in [-0.2, -0.15) is 0 Å². The van der Waals surface area contributed by atoms with Crippen LogP contribution < -0.4 is 10.6 Å². The third-order valence-corrected chi connectivity index (χ3v) is 4.01. The number of carbonyl (C=O) groups is 2. The molecule has 2 N–H and O–H groups in total. The second-order valence-electron chi connectivity index (χ2n) is 6.20. The molecular formula is C20H25N3O2. The first-order valence-corrected chi connectivity index (χ1v) is 8.30. The van der Waals surface area contributed by atoms with Crippen molar-refractivity contribution in [2.75, 3.05) is 32.5 Å². The van der Waals surface area contributed by atoms with E-state index in [0.29, 0.717) is 17.8 Å². The van der Waals surface area contributed by atoms with Gasteiger partial charge < -0.3 is 15.5 Å². The third-order valence-electron chi connectivity index (χ3n) is 4.01. The average molecular weight is 339 g/mol. The van der Waals surface area contributed by atoms with Crippen LogP contribution in [0.4, 0.5) is 5.69 Å². The minimum Gasteiger partial charge on any atom is -0.325 e. The van der Waals surface area contributed by atoms with Crippen molar-refractivity contribution < 1.29 is 9.59 Å². The fraction of sp³-hybridized carbons (Fsp3) is 0.300. The first-order valence-electron chi connectivity index (χ1n) is 8.30. The number of hydrogen-bond acceptors (Lipinski definition) is 4. The fourth-order valence-corrected chi connectivity index (χ4v) is 2.59. The molecule has 0 fully saturated rings. The maximum atomic E-state index is 12.1. The normalized spacial score (nSPS) is 12.0. The van der Waals surface area contributed by atoms with E-state index in [9.17, 15) is 9.59 Å². The monoisotopic (exact) mass is 339 g/mol.